The lowest BCUT2D eigenvalue weighted by molar-refractivity contribution is 0.122. The van der Waals surface area contributed by atoms with E-state index in [1.807, 2.05) is 30.0 Å². The van der Waals surface area contributed by atoms with Gasteiger partial charge in [-0.1, -0.05) is 24.3 Å². The summed E-state index contributed by atoms with van der Waals surface area (Å²) in [5.74, 6) is 2.89. The standard InChI is InChI=1S/C25H33N9O5S/c1-18-27-21(30-24(28-18)33-6-10-38-11-7-33)16-19-3-2-4-20(15-19)17-22-29-23(26-5-14-40(35,36)37)32-25(31-22)34-8-12-39-13-9-34/h2-4,15H,5-14,16-17H2,1H3,(H,35,36,37)(H,26,29,31,32). The Balaban J connectivity index is 1.33. The molecule has 1 aromatic carbocycles. The normalized spacial score (nSPS) is 16.2. The molecule has 0 radical (unpaired) electrons. The van der Waals surface area contributed by atoms with E-state index in [9.17, 15) is 8.42 Å². The fourth-order valence-electron chi connectivity index (χ4n) is 4.48. The first-order valence-electron chi connectivity index (χ1n) is 13.2. The van der Waals surface area contributed by atoms with E-state index in [0.29, 0.717) is 81.7 Å². The minimum absolute atomic E-state index is 0.0296. The average Bonchev–Trinajstić information content (AvgIpc) is 2.93. The van der Waals surface area contributed by atoms with Gasteiger partial charge in [0.2, 0.25) is 17.8 Å². The first-order chi connectivity index (χ1) is 19.3. The Morgan fingerprint density at radius 1 is 0.825 bits per heavy atom. The van der Waals surface area contributed by atoms with Crippen molar-refractivity contribution in [3.05, 3.63) is 52.9 Å². The van der Waals surface area contributed by atoms with E-state index < -0.39 is 15.9 Å². The van der Waals surface area contributed by atoms with Gasteiger partial charge in [-0.15, -0.1) is 0 Å². The Kier molecular flexibility index (Phi) is 8.94. The predicted molar refractivity (Wildman–Crippen MR) is 147 cm³/mol. The van der Waals surface area contributed by atoms with Crippen LogP contribution >= 0.6 is 0 Å². The van der Waals surface area contributed by atoms with E-state index in [-0.39, 0.29) is 12.5 Å². The molecule has 3 aromatic rings. The Labute approximate surface area is 233 Å². The highest BCUT2D eigenvalue weighted by atomic mass is 32.2. The molecule has 0 amide bonds. The summed E-state index contributed by atoms with van der Waals surface area (Å²) in [7, 11) is -4.11. The van der Waals surface area contributed by atoms with E-state index in [1.54, 1.807) is 0 Å². The number of benzene rings is 1. The van der Waals surface area contributed by atoms with Crippen molar-refractivity contribution in [2.24, 2.45) is 0 Å². The second-order valence-electron chi connectivity index (χ2n) is 9.56. The van der Waals surface area contributed by atoms with Crippen molar-refractivity contribution in [1.29, 1.82) is 0 Å². The van der Waals surface area contributed by atoms with Gasteiger partial charge in [-0.05, 0) is 18.1 Å². The van der Waals surface area contributed by atoms with Crippen LogP contribution < -0.4 is 15.1 Å². The van der Waals surface area contributed by atoms with Crippen LogP contribution in [0.3, 0.4) is 0 Å². The molecule has 2 aromatic heterocycles. The number of rotatable bonds is 10. The van der Waals surface area contributed by atoms with Gasteiger partial charge in [0.15, 0.2) is 0 Å². The van der Waals surface area contributed by atoms with Crippen LogP contribution in [0.15, 0.2) is 24.3 Å². The summed E-state index contributed by atoms with van der Waals surface area (Å²) in [6.45, 7) is 7.08. The number of aromatic nitrogens is 6. The second kappa shape index (κ2) is 12.8. The molecule has 4 heterocycles. The second-order valence-corrected chi connectivity index (χ2v) is 11.1. The Bertz CT molecular complexity index is 1410. The van der Waals surface area contributed by atoms with Crippen LogP contribution in [0, 0.1) is 6.92 Å². The highest BCUT2D eigenvalue weighted by Crippen LogP contribution is 2.18. The number of hydrogen-bond donors (Lipinski definition) is 2. The van der Waals surface area contributed by atoms with Crippen LogP contribution in [0.5, 0.6) is 0 Å². The van der Waals surface area contributed by atoms with Gasteiger partial charge in [0.05, 0.1) is 32.2 Å². The number of nitrogens with zero attached hydrogens (tertiary/aromatic N) is 8. The quantitative estimate of drug-likeness (QED) is 0.323. The fraction of sp³-hybridized carbons (Fsp3) is 0.520. The first-order valence-corrected chi connectivity index (χ1v) is 14.8. The summed E-state index contributed by atoms with van der Waals surface area (Å²) in [6.07, 6.45) is 0.989. The van der Waals surface area contributed by atoms with Gasteiger partial charge in [-0.3, -0.25) is 4.55 Å². The third-order valence-electron chi connectivity index (χ3n) is 6.40. The molecule has 0 unspecified atom stereocenters. The maximum absolute atomic E-state index is 11.1. The SMILES string of the molecule is Cc1nc(Cc2cccc(Cc3nc(NCCS(=O)(=O)O)nc(N4CCOCC4)n3)c2)nc(N2CCOCC2)n1. The van der Waals surface area contributed by atoms with Crippen molar-refractivity contribution in [1.82, 2.24) is 29.9 Å². The number of anilines is 3. The molecule has 14 nitrogen and oxygen atoms in total. The topological polar surface area (TPSA) is 169 Å². The molecule has 2 aliphatic heterocycles. The van der Waals surface area contributed by atoms with Gasteiger partial charge in [0.25, 0.3) is 10.1 Å². The molecule has 0 spiro atoms. The van der Waals surface area contributed by atoms with E-state index >= 15 is 0 Å². The molecule has 15 heteroatoms. The molecule has 0 aliphatic carbocycles. The van der Waals surface area contributed by atoms with Crippen LogP contribution in [0.1, 0.15) is 28.6 Å². The Hall–Kier alpha value is -3.53. The number of aryl methyl sites for hydroxylation is 1. The zero-order valence-electron chi connectivity index (χ0n) is 22.4. The fourth-order valence-corrected chi connectivity index (χ4v) is 4.84. The molecule has 2 fully saturated rings. The van der Waals surface area contributed by atoms with E-state index in [4.69, 9.17) is 19.0 Å². The highest BCUT2D eigenvalue weighted by molar-refractivity contribution is 7.85. The van der Waals surface area contributed by atoms with Crippen LogP contribution in [0.25, 0.3) is 0 Å². The summed E-state index contributed by atoms with van der Waals surface area (Å²) < 4.78 is 42.3. The van der Waals surface area contributed by atoms with Crippen molar-refractivity contribution >= 4 is 28.0 Å². The van der Waals surface area contributed by atoms with Crippen molar-refractivity contribution in [3.63, 3.8) is 0 Å². The molecular weight excluding hydrogens is 538 g/mol. The number of morpholine rings is 2. The van der Waals surface area contributed by atoms with Crippen LogP contribution in [-0.4, -0.2) is 108 Å². The van der Waals surface area contributed by atoms with Gasteiger partial charge in [0.1, 0.15) is 17.5 Å². The Morgan fingerprint density at radius 2 is 1.38 bits per heavy atom. The smallest absolute Gasteiger partial charge is 0.266 e. The largest absolute Gasteiger partial charge is 0.378 e. The number of hydrogen-bond acceptors (Lipinski definition) is 13. The molecule has 40 heavy (non-hydrogen) atoms. The zero-order valence-corrected chi connectivity index (χ0v) is 23.2. The molecule has 0 saturated carbocycles. The van der Waals surface area contributed by atoms with Crippen molar-refractivity contribution in [2.45, 2.75) is 19.8 Å². The van der Waals surface area contributed by atoms with Crippen molar-refractivity contribution < 1.29 is 22.4 Å². The lowest BCUT2D eigenvalue weighted by Gasteiger charge is -2.27. The maximum atomic E-state index is 11.1. The van der Waals surface area contributed by atoms with Crippen LogP contribution in [0.2, 0.25) is 0 Å². The number of nitrogens with one attached hydrogen (secondary N) is 1. The molecule has 2 N–H and O–H groups in total. The number of ether oxygens (including phenoxy) is 2. The predicted octanol–water partition coefficient (Wildman–Crippen LogP) is 0.520. The van der Waals surface area contributed by atoms with Crippen LogP contribution in [-0.2, 0) is 32.4 Å². The van der Waals surface area contributed by atoms with Crippen LogP contribution in [0.4, 0.5) is 17.8 Å². The Morgan fingerprint density at radius 3 is 1.95 bits per heavy atom. The van der Waals surface area contributed by atoms with Gasteiger partial charge in [0, 0.05) is 45.6 Å². The molecular formula is C25H33N9O5S. The average molecular weight is 572 g/mol. The third kappa shape index (κ3) is 8.00. The maximum Gasteiger partial charge on any atom is 0.266 e. The molecule has 2 saturated heterocycles. The van der Waals surface area contributed by atoms with Gasteiger partial charge in [-0.2, -0.15) is 33.3 Å². The van der Waals surface area contributed by atoms with Crippen molar-refractivity contribution in [2.75, 3.05) is 80.0 Å². The zero-order chi connectivity index (χ0) is 28.0. The summed E-state index contributed by atoms with van der Waals surface area (Å²) in [5, 5.41) is 2.89. The van der Waals surface area contributed by atoms with E-state index in [0.717, 1.165) is 24.2 Å². The van der Waals surface area contributed by atoms with E-state index in [1.165, 1.54) is 0 Å². The highest BCUT2D eigenvalue weighted by Gasteiger charge is 2.18. The third-order valence-corrected chi connectivity index (χ3v) is 7.12. The monoisotopic (exact) mass is 571 g/mol. The minimum Gasteiger partial charge on any atom is -0.378 e. The lowest BCUT2D eigenvalue weighted by Crippen LogP contribution is -2.37. The minimum atomic E-state index is -4.11. The molecule has 214 valence electrons. The van der Waals surface area contributed by atoms with Gasteiger partial charge >= 0.3 is 0 Å². The molecule has 2 aliphatic rings. The summed E-state index contributed by atoms with van der Waals surface area (Å²) in [5.41, 5.74) is 2.05. The molecule has 0 bridgehead atoms. The van der Waals surface area contributed by atoms with Gasteiger partial charge < -0.3 is 24.6 Å². The first kappa shape index (κ1) is 28.0. The van der Waals surface area contributed by atoms with Crippen molar-refractivity contribution in [3.8, 4) is 0 Å². The summed E-state index contributed by atoms with van der Waals surface area (Å²) in [6, 6.07) is 8.10. The lowest BCUT2D eigenvalue weighted by atomic mass is 10.1. The molecule has 5 rings (SSSR count). The van der Waals surface area contributed by atoms with Gasteiger partial charge in [-0.25, -0.2) is 4.98 Å². The molecule has 0 atom stereocenters. The van der Waals surface area contributed by atoms with E-state index in [2.05, 4.69) is 41.2 Å². The summed E-state index contributed by atoms with van der Waals surface area (Å²) in [4.78, 5) is 31.6. The summed E-state index contributed by atoms with van der Waals surface area (Å²) >= 11 is 0.